The third-order valence-electron chi connectivity index (χ3n) is 2.93. The molecule has 0 radical (unpaired) electrons. The molecule has 1 heterocycles. The van der Waals surface area contributed by atoms with Crippen molar-refractivity contribution in [3.05, 3.63) is 22.2 Å². The molecule has 0 bridgehead atoms. The molecule has 16 heavy (non-hydrogen) atoms. The van der Waals surface area contributed by atoms with E-state index in [0.717, 1.165) is 5.82 Å². The summed E-state index contributed by atoms with van der Waals surface area (Å²) in [6, 6.07) is 1.98. The van der Waals surface area contributed by atoms with Gasteiger partial charge in [0, 0.05) is 12.8 Å². The van der Waals surface area contributed by atoms with Gasteiger partial charge in [-0.1, -0.05) is 26.1 Å². The van der Waals surface area contributed by atoms with E-state index in [1.807, 2.05) is 6.07 Å². The van der Waals surface area contributed by atoms with Crippen molar-refractivity contribution in [3.8, 4) is 0 Å². The van der Waals surface area contributed by atoms with E-state index in [9.17, 15) is 0 Å². The van der Waals surface area contributed by atoms with Gasteiger partial charge in [-0.2, -0.15) is 0 Å². The predicted molar refractivity (Wildman–Crippen MR) is 66.0 cm³/mol. The Bertz CT molecular complexity index is 423. The summed E-state index contributed by atoms with van der Waals surface area (Å²) in [6.07, 6.45) is 2.52. The van der Waals surface area contributed by atoms with E-state index in [4.69, 9.17) is 17.0 Å². The van der Waals surface area contributed by atoms with Crippen molar-refractivity contribution in [1.29, 1.82) is 0 Å². The molecular weight excluding hydrogens is 220 g/mol. The molecule has 2 rings (SSSR count). The van der Waals surface area contributed by atoms with E-state index < -0.39 is 0 Å². The lowest BCUT2D eigenvalue weighted by Crippen LogP contribution is -2.13. The average Bonchev–Trinajstić information content (AvgIpc) is 3.00. The maximum atomic E-state index is 5.47. The second kappa shape index (κ2) is 4.63. The van der Waals surface area contributed by atoms with Crippen molar-refractivity contribution < 1.29 is 4.74 Å². The normalized spacial score (nSPS) is 17.8. The summed E-state index contributed by atoms with van der Waals surface area (Å²) in [6.45, 7) is 4.24. The summed E-state index contributed by atoms with van der Waals surface area (Å²) in [5.41, 5.74) is 1.22. The third kappa shape index (κ3) is 2.50. The van der Waals surface area contributed by atoms with E-state index in [2.05, 4.69) is 23.8 Å². The van der Waals surface area contributed by atoms with Gasteiger partial charge in [-0.3, -0.25) is 0 Å². The first kappa shape index (κ1) is 11.7. The van der Waals surface area contributed by atoms with Gasteiger partial charge in [-0.15, -0.1) is 0 Å². The number of aromatic amines is 1. The Kier molecular flexibility index (Phi) is 3.40. The summed E-state index contributed by atoms with van der Waals surface area (Å²) in [5.74, 6) is 1.91. The van der Waals surface area contributed by atoms with Crippen LogP contribution in [-0.4, -0.2) is 17.1 Å². The number of rotatable bonds is 4. The molecule has 1 N–H and O–H groups in total. The number of nitrogens with one attached hydrogen (secondary N) is 1. The fraction of sp³-hybridized carbons (Fsp3) is 0.667. The Balaban J connectivity index is 2.35. The Hall–Kier alpha value is -0.740. The van der Waals surface area contributed by atoms with Crippen molar-refractivity contribution in [1.82, 2.24) is 9.97 Å². The molecule has 0 amide bonds. The average molecular weight is 238 g/mol. The second-order valence-electron chi connectivity index (χ2n) is 4.73. The van der Waals surface area contributed by atoms with Gasteiger partial charge in [0.25, 0.3) is 0 Å². The van der Waals surface area contributed by atoms with Crippen LogP contribution in [0.15, 0.2) is 6.07 Å². The van der Waals surface area contributed by atoms with Crippen LogP contribution in [0.4, 0.5) is 0 Å². The van der Waals surface area contributed by atoms with Gasteiger partial charge in [0.1, 0.15) is 16.6 Å². The van der Waals surface area contributed by atoms with E-state index in [1.165, 1.54) is 18.5 Å². The zero-order valence-corrected chi connectivity index (χ0v) is 10.8. The standard InChI is InChI=1S/C12H18N2OS/c1-7(2)11(15-3)12-13-9(8-4-5-8)6-10(16)14-12/h6-8,11H,4-5H2,1-3H3,(H,13,14,16). The third-order valence-corrected chi connectivity index (χ3v) is 3.14. The molecule has 1 aliphatic rings. The van der Waals surface area contributed by atoms with Crippen molar-refractivity contribution in [2.75, 3.05) is 7.11 Å². The smallest absolute Gasteiger partial charge is 0.137 e. The summed E-state index contributed by atoms with van der Waals surface area (Å²) in [5, 5.41) is 0. The van der Waals surface area contributed by atoms with Crippen LogP contribution in [0.5, 0.6) is 0 Å². The number of methoxy groups -OCH3 is 1. The number of ether oxygens (including phenoxy) is 1. The fourth-order valence-corrected chi connectivity index (χ4v) is 2.17. The molecule has 1 atom stereocenters. The molecule has 0 saturated heterocycles. The summed E-state index contributed by atoms with van der Waals surface area (Å²) in [7, 11) is 1.72. The van der Waals surface area contributed by atoms with Gasteiger partial charge in [-0.25, -0.2) is 4.98 Å². The quantitative estimate of drug-likeness (QED) is 0.817. The second-order valence-corrected chi connectivity index (χ2v) is 5.15. The lowest BCUT2D eigenvalue weighted by Gasteiger charge is -2.19. The van der Waals surface area contributed by atoms with Gasteiger partial charge >= 0.3 is 0 Å². The minimum absolute atomic E-state index is 0.000370. The van der Waals surface area contributed by atoms with Crippen LogP contribution in [0.1, 0.15) is 50.2 Å². The Morgan fingerprint density at radius 3 is 2.69 bits per heavy atom. The molecule has 1 unspecified atom stereocenters. The minimum atomic E-state index is 0.000370. The molecule has 0 spiro atoms. The Labute approximate surface area is 101 Å². The van der Waals surface area contributed by atoms with Crippen LogP contribution in [0, 0.1) is 10.6 Å². The SMILES string of the molecule is COC(c1nc(=S)cc(C2CC2)[nH]1)C(C)C. The number of hydrogen-bond donors (Lipinski definition) is 1. The summed E-state index contributed by atoms with van der Waals surface area (Å²) in [4.78, 5) is 7.75. The highest BCUT2D eigenvalue weighted by atomic mass is 32.1. The van der Waals surface area contributed by atoms with Crippen LogP contribution < -0.4 is 0 Å². The first-order chi connectivity index (χ1) is 7.61. The van der Waals surface area contributed by atoms with Gasteiger partial charge in [0.05, 0.1) is 0 Å². The molecule has 4 heteroatoms. The summed E-state index contributed by atoms with van der Waals surface area (Å²) >= 11 is 5.20. The van der Waals surface area contributed by atoms with Crippen LogP contribution in [0.3, 0.4) is 0 Å². The van der Waals surface area contributed by atoms with Crippen molar-refractivity contribution >= 4 is 12.2 Å². The van der Waals surface area contributed by atoms with Crippen LogP contribution >= 0.6 is 12.2 Å². The van der Waals surface area contributed by atoms with E-state index >= 15 is 0 Å². The van der Waals surface area contributed by atoms with Gasteiger partial charge < -0.3 is 9.72 Å². The predicted octanol–water partition coefficient (Wildman–Crippen LogP) is 3.36. The zero-order valence-electron chi connectivity index (χ0n) is 9.99. The molecule has 1 aromatic rings. The number of nitrogens with zero attached hydrogens (tertiary/aromatic N) is 1. The lowest BCUT2D eigenvalue weighted by molar-refractivity contribution is 0.0572. The highest BCUT2D eigenvalue weighted by Gasteiger charge is 2.26. The fourth-order valence-electron chi connectivity index (χ4n) is 1.94. The van der Waals surface area contributed by atoms with Gasteiger partial charge in [0.2, 0.25) is 0 Å². The monoisotopic (exact) mass is 238 g/mol. The van der Waals surface area contributed by atoms with E-state index in [1.54, 1.807) is 7.11 Å². The Morgan fingerprint density at radius 1 is 1.50 bits per heavy atom. The first-order valence-electron chi connectivity index (χ1n) is 5.75. The van der Waals surface area contributed by atoms with Crippen LogP contribution in [0.25, 0.3) is 0 Å². The Morgan fingerprint density at radius 2 is 2.19 bits per heavy atom. The molecule has 1 fully saturated rings. The molecule has 0 aromatic carbocycles. The highest BCUT2D eigenvalue weighted by Crippen LogP contribution is 2.39. The number of H-pyrrole nitrogens is 1. The topological polar surface area (TPSA) is 37.9 Å². The summed E-state index contributed by atoms with van der Waals surface area (Å²) < 4.78 is 6.13. The van der Waals surface area contributed by atoms with E-state index in [0.29, 0.717) is 16.5 Å². The van der Waals surface area contributed by atoms with Crippen molar-refractivity contribution in [2.24, 2.45) is 5.92 Å². The lowest BCUT2D eigenvalue weighted by atomic mass is 10.1. The molecule has 1 saturated carbocycles. The highest BCUT2D eigenvalue weighted by molar-refractivity contribution is 7.71. The maximum Gasteiger partial charge on any atom is 0.137 e. The van der Waals surface area contributed by atoms with Crippen LogP contribution in [0.2, 0.25) is 0 Å². The van der Waals surface area contributed by atoms with Gasteiger partial charge in [0.15, 0.2) is 0 Å². The molecule has 1 aromatic heterocycles. The van der Waals surface area contributed by atoms with Crippen molar-refractivity contribution in [2.45, 2.75) is 38.7 Å². The maximum absolute atomic E-state index is 5.47. The number of aromatic nitrogens is 2. The molecule has 88 valence electrons. The first-order valence-corrected chi connectivity index (χ1v) is 6.16. The molecule has 0 aliphatic heterocycles. The number of hydrogen-bond acceptors (Lipinski definition) is 3. The molecule has 3 nitrogen and oxygen atoms in total. The van der Waals surface area contributed by atoms with Crippen LogP contribution in [-0.2, 0) is 4.74 Å². The largest absolute Gasteiger partial charge is 0.373 e. The van der Waals surface area contributed by atoms with Crippen molar-refractivity contribution in [3.63, 3.8) is 0 Å². The molecular formula is C12H18N2OS. The minimum Gasteiger partial charge on any atom is -0.373 e. The van der Waals surface area contributed by atoms with E-state index in [-0.39, 0.29) is 6.10 Å². The van der Waals surface area contributed by atoms with Gasteiger partial charge in [-0.05, 0) is 30.7 Å². The zero-order chi connectivity index (χ0) is 11.7. The molecule has 1 aliphatic carbocycles.